The van der Waals surface area contributed by atoms with Crippen LogP contribution in [0.2, 0.25) is 0 Å². The van der Waals surface area contributed by atoms with E-state index in [-0.39, 0.29) is 30.2 Å². The summed E-state index contributed by atoms with van der Waals surface area (Å²) in [5.41, 5.74) is 0.824. The average Bonchev–Trinajstić information content (AvgIpc) is 3.33. The van der Waals surface area contributed by atoms with Gasteiger partial charge in [-0.05, 0) is 75.4 Å². The molecule has 5 rings (SSSR count). The monoisotopic (exact) mass is 613 g/mol. The molecule has 0 spiro atoms. The lowest BCUT2D eigenvalue weighted by Crippen LogP contribution is -2.53. The zero-order chi connectivity index (χ0) is 31.6. The Morgan fingerprint density at radius 1 is 1.16 bits per heavy atom. The zero-order valence-corrected chi connectivity index (χ0v) is 26.1. The van der Waals surface area contributed by atoms with Gasteiger partial charge in [0.1, 0.15) is 17.8 Å². The van der Waals surface area contributed by atoms with Gasteiger partial charge in [0.25, 0.3) is 0 Å². The van der Waals surface area contributed by atoms with Crippen LogP contribution in [0.25, 0.3) is 0 Å². The van der Waals surface area contributed by atoms with Crippen LogP contribution in [0.3, 0.4) is 0 Å². The summed E-state index contributed by atoms with van der Waals surface area (Å²) in [4.78, 5) is 20.7. The van der Waals surface area contributed by atoms with Crippen molar-refractivity contribution >= 4 is 11.8 Å². The lowest BCUT2D eigenvalue weighted by molar-refractivity contribution is -0.138. The fourth-order valence-electron chi connectivity index (χ4n) is 6.13. The van der Waals surface area contributed by atoms with Crippen molar-refractivity contribution < 1.29 is 22.7 Å². The standard InChI is InChI=1S/C32H42F3N7O2/c1-21-8-7-11-41(16-21)17-22-12-26(32(33,34)35)27(37-14-22)15-36-25-10-6-9-23(13-25)28(29-39-38-20-40(29)5)24-18-42(19-24)30(43)44-31(2,3)4/h6,9-10,12-14,20-21,24,28,36H,7-8,11,15-19H2,1-5H3/t21-,28?/m0/s1. The molecule has 4 heterocycles. The molecule has 1 unspecified atom stereocenters. The smallest absolute Gasteiger partial charge is 0.418 e. The van der Waals surface area contributed by atoms with E-state index in [4.69, 9.17) is 4.74 Å². The van der Waals surface area contributed by atoms with Crippen molar-refractivity contribution in [3.05, 3.63) is 71.1 Å². The molecular weight excluding hydrogens is 571 g/mol. The maximum absolute atomic E-state index is 14.1. The number of nitrogens with one attached hydrogen (secondary N) is 1. The Labute approximate surface area is 256 Å². The second kappa shape index (κ2) is 12.7. The van der Waals surface area contributed by atoms with Crippen LogP contribution in [0.5, 0.6) is 0 Å². The fourth-order valence-corrected chi connectivity index (χ4v) is 6.13. The number of anilines is 1. The number of piperidine rings is 1. The van der Waals surface area contributed by atoms with Gasteiger partial charge in [-0.15, -0.1) is 10.2 Å². The highest BCUT2D eigenvalue weighted by Gasteiger charge is 2.41. The van der Waals surface area contributed by atoms with Gasteiger partial charge in [-0.25, -0.2) is 4.79 Å². The molecule has 0 aliphatic carbocycles. The average molecular weight is 614 g/mol. The molecule has 2 aromatic heterocycles. The third-order valence-corrected chi connectivity index (χ3v) is 8.24. The van der Waals surface area contributed by atoms with E-state index in [0.717, 1.165) is 37.3 Å². The number of aromatic nitrogens is 4. The molecular formula is C32H42F3N7O2. The number of pyridine rings is 1. The number of likely N-dealkylation sites (tertiary alicyclic amines) is 2. The molecule has 1 amide bonds. The number of amides is 1. The minimum Gasteiger partial charge on any atom is -0.444 e. The number of rotatable bonds is 8. The Balaban J connectivity index is 1.31. The predicted octanol–water partition coefficient (Wildman–Crippen LogP) is 6.07. The number of carbonyl (C=O) groups excluding carboxylic acids is 1. The van der Waals surface area contributed by atoms with Crippen LogP contribution >= 0.6 is 0 Å². The van der Waals surface area contributed by atoms with Crippen LogP contribution in [-0.4, -0.2) is 67.4 Å². The third-order valence-electron chi connectivity index (χ3n) is 8.24. The Bertz CT molecular complexity index is 1450. The van der Waals surface area contributed by atoms with E-state index >= 15 is 0 Å². The quantitative estimate of drug-likeness (QED) is 0.330. The van der Waals surface area contributed by atoms with Crippen molar-refractivity contribution in [1.82, 2.24) is 29.5 Å². The Hall–Kier alpha value is -3.67. The van der Waals surface area contributed by atoms with Crippen molar-refractivity contribution in [2.45, 2.75) is 71.3 Å². The number of hydrogen-bond donors (Lipinski definition) is 1. The summed E-state index contributed by atoms with van der Waals surface area (Å²) in [6.45, 7) is 10.8. The number of halogens is 3. The Morgan fingerprint density at radius 3 is 2.59 bits per heavy atom. The first-order valence-electron chi connectivity index (χ1n) is 15.2. The summed E-state index contributed by atoms with van der Waals surface area (Å²) >= 11 is 0. The van der Waals surface area contributed by atoms with Gasteiger partial charge in [-0.1, -0.05) is 19.1 Å². The van der Waals surface area contributed by atoms with E-state index in [1.807, 2.05) is 56.7 Å². The highest BCUT2D eigenvalue weighted by Crippen LogP contribution is 2.38. The maximum Gasteiger partial charge on any atom is 0.418 e. The molecule has 2 saturated heterocycles. The van der Waals surface area contributed by atoms with E-state index in [1.54, 1.807) is 17.4 Å². The van der Waals surface area contributed by atoms with Gasteiger partial charge in [-0.2, -0.15) is 13.2 Å². The number of nitrogens with zero attached hydrogens (tertiary/aromatic N) is 6. The van der Waals surface area contributed by atoms with Crippen molar-refractivity contribution in [2.75, 3.05) is 31.5 Å². The molecule has 3 aromatic rings. The van der Waals surface area contributed by atoms with Crippen molar-refractivity contribution in [1.29, 1.82) is 0 Å². The molecule has 44 heavy (non-hydrogen) atoms. The second-order valence-corrected chi connectivity index (χ2v) is 13.2. The molecule has 2 fully saturated rings. The summed E-state index contributed by atoms with van der Waals surface area (Å²) in [5.74, 6) is 1.17. The summed E-state index contributed by atoms with van der Waals surface area (Å²) in [5, 5.41) is 11.6. The predicted molar refractivity (Wildman–Crippen MR) is 161 cm³/mol. The van der Waals surface area contributed by atoms with Crippen molar-refractivity contribution in [3.8, 4) is 0 Å². The van der Waals surface area contributed by atoms with E-state index in [2.05, 4.69) is 32.3 Å². The van der Waals surface area contributed by atoms with E-state index in [0.29, 0.717) is 36.8 Å². The first-order valence-corrected chi connectivity index (χ1v) is 15.2. The summed E-state index contributed by atoms with van der Waals surface area (Å²) in [6.07, 6.45) is 0.539. The molecule has 12 heteroatoms. The van der Waals surface area contributed by atoms with Gasteiger partial charge in [0.2, 0.25) is 0 Å². The summed E-state index contributed by atoms with van der Waals surface area (Å²) in [6, 6.07) is 8.83. The molecule has 0 bridgehead atoms. The highest BCUT2D eigenvalue weighted by atomic mass is 19.4. The van der Waals surface area contributed by atoms with E-state index in [1.165, 1.54) is 6.07 Å². The van der Waals surface area contributed by atoms with Gasteiger partial charge in [-0.3, -0.25) is 9.88 Å². The lowest BCUT2D eigenvalue weighted by Gasteiger charge is -2.43. The second-order valence-electron chi connectivity index (χ2n) is 13.2. The Kier molecular flexibility index (Phi) is 9.20. The number of hydrogen-bond acceptors (Lipinski definition) is 7. The van der Waals surface area contributed by atoms with Crippen LogP contribution in [0.1, 0.15) is 74.7 Å². The fraction of sp³-hybridized carbons (Fsp3) is 0.562. The molecule has 2 aliphatic rings. The molecule has 2 atom stereocenters. The third kappa shape index (κ3) is 7.69. The van der Waals surface area contributed by atoms with Crippen LogP contribution < -0.4 is 5.32 Å². The number of carbonyl (C=O) groups is 1. The molecule has 1 aromatic carbocycles. The summed E-state index contributed by atoms with van der Waals surface area (Å²) in [7, 11) is 1.87. The zero-order valence-electron chi connectivity index (χ0n) is 26.1. The number of alkyl halides is 3. The first kappa shape index (κ1) is 31.7. The van der Waals surface area contributed by atoms with E-state index < -0.39 is 17.3 Å². The molecule has 9 nitrogen and oxygen atoms in total. The molecule has 0 saturated carbocycles. The first-order chi connectivity index (χ1) is 20.8. The van der Waals surface area contributed by atoms with Gasteiger partial charge in [0.15, 0.2) is 0 Å². The normalized spacial score (nSPS) is 19.0. The minimum absolute atomic E-state index is 0.0458. The van der Waals surface area contributed by atoms with Gasteiger partial charge in [0, 0.05) is 51.0 Å². The van der Waals surface area contributed by atoms with Crippen molar-refractivity contribution in [3.63, 3.8) is 0 Å². The van der Waals surface area contributed by atoms with Crippen LogP contribution in [0.15, 0.2) is 42.9 Å². The molecule has 0 radical (unpaired) electrons. The maximum atomic E-state index is 14.1. The minimum atomic E-state index is -4.52. The Morgan fingerprint density at radius 2 is 1.93 bits per heavy atom. The topological polar surface area (TPSA) is 88.4 Å². The van der Waals surface area contributed by atoms with Gasteiger partial charge in [0.05, 0.1) is 23.7 Å². The lowest BCUT2D eigenvalue weighted by atomic mass is 9.80. The van der Waals surface area contributed by atoms with Crippen LogP contribution in [0.4, 0.5) is 23.7 Å². The number of aryl methyl sites for hydroxylation is 1. The molecule has 238 valence electrons. The van der Waals surface area contributed by atoms with Gasteiger partial charge >= 0.3 is 12.3 Å². The number of benzene rings is 1. The molecule has 1 N–H and O–H groups in total. The van der Waals surface area contributed by atoms with Crippen LogP contribution in [0, 0.1) is 11.8 Å². The van der Waals surface area contributed by atoms with Crippen LogP contribution in [-0.2, 0) is 31.1 Å². The summed E-state index contributed by atoms with van der Waals surface area (Å²) < 4.78 is 49.8. The van der Waals surface area contributed by atoms with E-state index in [9.17, 15) is 18.0 Å². The highest BCUT2D eigenvalue weighted by molar-refractivity contribution is 5.69. The van der Waals surface area contributed by atoms with Gasteiger partial charge < -0.3 is 19.5 Å². The van der Waals surface area contributed by atoms with Crippen molar-refractivity contribution in [2.24, 2.45) is 18.9 Å². The number of ether oxygens (including phenoxy) is 1. The molecule has 2 aliphatic heterocycles. The largest absolute Gasteiger partial charge is 0.444 e. The SMILES string of the molecule is C[C@H]1CCCN(Cc2cnc(CNc3cccc(C(c4nncn4C)C4CN(C(=O)OC(C)(C)C)C4)c3)c(C(F)(F)F)c2)C1.